The van der Waals surface area contributed by atoms with Gasteiger partial charge in [0.1, 0.15) is 11.5 Å². The van der Waals surface area contributed by atoms with Crippen LogP contribution in [0.3, 0.4) is 0 Å². The number of hydrogen-bond donors (Lipinski definition) is 0. The summed E-state index contributed by atoms with van der Waals surface area (Å²) in [7, 11) is 0. The molecule has 1 saturated carbocycles. The number of fused-ring (bicyclic) bond motifs is 1. The molecule has 1 aliphatic heterocycles. The SMILES string of the molecule is CC1(C)CC1C(=O)Cc1cc(Cl)cc2c1OCC2. The van der Waals surface area contributed by atoms with Gasteiger partial charge in [-0.3, -0.25) is 4.79 Å². The first-order valence-electron chi connectivity index (χ1n) is 6.44. The van der Waals surface area contributed by atoms with Crippen LogP contribution in [-0.2, 0) is 17.6 Å². The van der Waals surface area contributed by atoms with Gasteiger partial charge in [-0.05, 0) is 29.5 Å². The van der Waals surface area contributed by atoms with Crippen molar-refractivity contribution in [3.8, 4) is 5.75 Å². The van der Waals surface area contributed by atoms with Crippen LogP contribution < -0.4 is 4.74 Å². The molecule has 0 saturated heterocycles. The van der Waals surface area contributed by atoms with Crippen LogP contribution in [0.4, 0.5) is 0 Å². The molecule has 0 radical (unpaired) electrons. The molecule has 1 aliphatic carbocycles. The van der Waals surface area contributed by atoms with E-state index in [0.29, 0.717) is 23.8 Å². The smallest absolute Gasteiger partial charge is 0.141 e. The lowest BCUT2D eigenvalue weighted by molar-refractivity contribution is -0.120. The zero-order chi connectivity index (χ0) is 12.9. The third-order valence-electron chi connectivity index (χ3n) is 4.09. The van der Waals surface area contributed by atoms with Gasteiger partial charge in [0, 0.05) is 29.3 Å². The number of ether oxygens (including phenoxy) is 1. The van der Waals surface area contributed by atoms with Gasteiger partial charge in [-0.1, -0.05) is 25.4 Å². The van der Waals surface area contributed by atoms with Crippen molar-refractivity contribution in [2.45, 2.75) is 33.1 Å². The van der Waals surface area contributed by atoms with Gasteiger partial charge < -0.3 is 4.74 Å². The number of rotatable bonds is 3. The number of benzene rings is 1. The fourth-order valence-electron chi connectivity index (χ4n) is 2.81. The molecule has 1 aromatic carbocycles. The highest BCUT2D eigenvalue weighted by molar-refractivity contribution is 6.30. The summed E-state index contributed by atoms with van der Waals surface area (Å²) in [5.74, 6) is 1.43. The summed E-state index contributed by atoms with van der Waals surface area (Å²) in [6.45, 7) is 4.99. The maximum absolute atomic E-state index is 12.2. The van der Waals surface area contributed by atoms with Crippen LogP contribution in [0.25, 0.3) is 0 Å². The molecule has 0 N–H and O–H groups in total. The van der Waals surface area contributed by atoms with Crippen LogP contribution in [0.2, 0.25) is 5.02 Å². The van der Waals surface area contributed by atoms with Crippen molar-refractivity contribution in [1.82, 2.24) is 0 Å². The number of Topliss-reactive ketones (excluding diaryl/α,β-unsaturated/α-hetero) is 1. The summed E-state index contributed by atoms with van der Waals surface area (Å²) in [4.78, 5) is 12.2. The molecular weight excluding hydrogens is 248 g/mol. The number of ketones is 1. The predicted octanol–water partition coefficient (Wildman–Crippen LogP) is 3.43. The molecule has 2 nitrogen and oxygen atoms in total. The average Bonchev–Trinajstić information content (AvgIpc) is 2.73. The minimum atomic E-state index is 0.194. The van der Waals surface area contributed by atoms with Gasteiger partial charge in [-0.15, -0.1) is 0 Å². The van der Waals surface area contributed by atoms with Crippen molar-refractivity contribution in [3.05, 3.63) is 28.3 Å². The molecule has 1 aromatic rings. The molecule has 0 amide bonds. The molecule has 1 unspecified atom stereocenters. The first-order chi connectivity index (χ1) is 8.47. The van der Waals surface area contributed by atoms with Crippen LogP contribution in [0.1, 0.15) is 31.4 Å². The van der Waals surface area contributed by atoms with Gasteiger partial charge in [-0.2, -0.15) is 0 Å². The molecule has 0 bridgehead atoms. The molecule has 3 rings (SSSR count). The van der Waals surface area contributed by atoms with E-state index < -0.39 is 0 Å². The Morgan fingerprint density at radius 1 is 1.50 bits per heavy atom. The number of carbonyl (C=O) groups excluding carboxylic acids is 1. The van der Waals surface area contributed by atoms with E-state index in [0.717, 1.165) is 29.7 Å². The van der Waals surface area contributed by atoms with Crippen molar-refractivity contribution in [1.29, 1.82) is 0 Å². The molecule has 18 heavy (non-hydrogen) atoms. The molecule has 0 aromatic heterocycles. The summed E-state index contributed by atoms with van der Waals surface area (Å²) in [6.07, 6.45) is 2.36. The number of carbonyl (C=O) groups is 1. The fourth-order valence-corrected chi connectivity index (χ4v) is 3.07. The monoisotopic (exact) mass is 264 g/mol. The van der Waals surface area contributed by atoms with E-state index in [2.05, 4.69) is 13.8 Å². The van der Waals surface area contributed by atoms with E-state index in [4.69, 9.17) is 16.3 Å². The van der Waals surface area contributed by atoms with E-state index in [1.165, 1.54) is 0 Å². The normalized spacial score (nSPS) is 23.4. The number of halogens is 1. The summed E-state index contributed by atoms with van der Waals surface area (Å²) in [6, 6.07) is 3.82. The quantitative estimate of drug-likeness (QED) is 0.836. The van der Waals surface area contributed by atoms with E-state index >= 15 is 0 Å². The van der Waals surface area contributed by atoms with Gasteiger partial charge in [0.2, 0.25) is 0 Å². The van der Waals surface area contributed by atoms with E-state index in [9.17, 15) is 4.79 Å². The van der Waals surface area contributed by atoms with E-state index in [-0.39, 0.29) is 11.3 Å². The lowest BCUT2D eigenvalue weighted by Crippen LogP contribution is -2.10. The van der Waals surface area contributed by atoms with Crippen molar-refractivity contribution in [2.75, 3.05) is 6.61 Å². The van der Waals surface area contributed by atoms with Crippen LogP contribution >= 0.6 is 11.6 Å². The van der Waals surface area contributed by atoms with Crippen molar-refractivity contribution in [2.24, 2.45) is 11.3 Å². The Bertz CT molecular complexity index is 519. The Morgan fingerprint density at radius 3 is 2.89 bits per heavy atom. The van der Waals surface area contributed by atoms with Crippen LogP contribution in [0.5, 0.6) is 5.75 Å². The fraction of sp³-hybridized carbons (Fsp3) is 0.533. The molecule has 1 atom stereocenters. The zero-order valence-corrected chi connectivity index (χ0v) is 11.5. The minimum absolute atomic E-state index is 0.194. The van der Waals surface area contributed by atoms with Gasteiger partial charge >= 0.3 is 0 Å². The Hall–Kier alpha value is -1.02. The summed E-state index contributed by atoms with van der Waals surface area (Å²) < 4.78 is 5.63. The van der Waals surface area contributed by atoms with Crippen LogP contribution in [0.15, 0.2) is 12.1 Å². The molecule has 96 valence electrons. The van der Waals surface area contributed by atoms with Crippen molar-refractivity contribution < 1.29 is 9.53 Å². The highest BCUT2D eigenvalue weighted by Crippen LogP contribution is 2.52. The Labute approximate surface area is 112 Å². The maximum atomic E-state index is 12.2. The van der Waals surface area contributed by atoms with E-state index in [1.807, 2.05) is 12.1 Å². The maximum Gasteiger partial charge on any atom is 0.141 e. The lowest BCUT2D eigenvalue weighted by Gasteiger charge is -2.09. The van der Waals surface area contributed by atoms with Crippen LogP contribution in [0, 0.1) is 11.3 Å². The third-order valence-corrected chi connectivity index (χ3v) is 4.31. The first kappa shape index (κ1) is 12.0. The molecule has 0 spiro atoms. The van der Waals surface area contributed by atoms with Gasteiger partial charge in [0.05, 0.1) is 6.61 Å². The molecule has 3 heteroatoms. The van der Waals surface area contributed by atoms with Crippen molar-refractivity contribution in [3.63, 3.8) is 0 Å². The Balaban J connectivity index is 1.83. The average molecular weight is 265 g/mol. The lowest BCUT2D eigenvalue weighted by atomic mass is 9.99. The molecule has 1 fully saturated rings. The zero-order valence-electron chi connectivity index (χ0n) is 10.8. The van der Waals surface area contributed by atoms with Gasteiger partial charge in [0.25, 0.3) is 0 Å². The second-order valence-electron chi connectivity index (χ2n) is 6.04. The van der Waals surface area contributed by atoms with Crippen molar-refractivity contribution >= 4 is 17.4 Å². The highest BCUT2D eigenvalue weighted by atomic mass is 35.5. The topological polar surface area (TPSA) is 26.3 Å². The predicted molar refractivity (Wildman–Crippen MR) is 71.3 cm³/mol. The van der Waals surface area contributed by atoms with Crippen LogP contribution in [-0.4, -0.2) is 12.4 Å². The molecular formula is C15H17ClO2. The number of hydrogen-bond acceptors (Lipinski definition) is 2. The summed E-state index contributed by atoms with van der Waals surface area (Å²) >= 11 is 6.10. The summed E-state index contributed by atoms with van der Waals surface area (Å²) in [5, 5.41) is 0.706. The van der Waals surface area contributed by atoms with Gasteiger partial charge in [0.15, 0.2) is 0 Å². The Morgan fingerprint density at radius 2 is 2.22 bits per heavy atom. The molecule has 1 heterocycles. The second-order valence-corrected chi connectivity index (χ2v) is 6.48. The van der Waals surface area contributed by atoms with E-state index in [1.54, 1.807) is 0 Å². The standard InChI is InChI=1S/C15H17ClO2/c1-15(2)8-12(15)13(17)7-10-6-11(16)5-9-3-4-18-14(9)10/h5-6,12H,3-4,7-8H2,1-2H3. The highest BCUT2D eigenvalue weighted by Gasteiger charge is 2.49. The largest absolute Gasteiger partial charge is 0.493 e. The Kier molecular flexibility index (Phi) is 2.67. The first-order valence-corrected chi connectivity index (χ1v) is 6.82. The van der Waals surface area contributed by atoms with Gasteiger partial charge in [-0.25, -0.2) is 0 Å². The molecule has 2 aliphatic rings. The minimum Gasteiger partial charge on any atom is -0.493 e. The second kappa shape index (κ2) is 3.99. The third kappa shape index (κ3) is 2.03. The summed E-state index contributed by atoms with van der Waals surface area (Å²) in [5.41, 5.74) is 2.29.